The van der Waals surface area contributed by atoms with Gasteiger partial charge in [0.2, 0.25) is 10.0 Å². The fourth-order valence-corrected chi connectivity index (χ4v) is 5.12. The van der Waals surface area contributed by atoms with Gasteiger partial charge in [0.15, 0.2) is 0 Å². The minimum absolute atomic E-state index is 0.151. The van der Waals surface area contributed by atoms with Crippen LogP contribution in [0.4, 0.5) is 20.7 Å². The third-order valence-corrected chi connectivity index (χ3v) is 6.99. The van der Waals surface area contributed by atoms with Crippen LogP contribution < -0.4 is 14.9 Å². The summed E-state index contributed by atoms with van der Waals surface area (Å²) < 4.78 is 38.8. The first-order valence-corrected chi connectivity index (χ1v) is 13.8. The number of halogens is 1. The van der Waals surface area contributed by atoms with Crippen molar-refractivity contribution < 1.29 is 17.6 Å². The summed E-state index contributed by atoms with van der Waals surface area (Å²) >= 11 is 0. The Hall–Kier alpha value is -3.99. The molecule has 0 bridgehead atoms. The molecule has 11 heteroatoms. The van der Waals surface area contributed by atoms with Crippen molar-refractivity contribution in [1.29, 1.82) is 0 Å². The predicted octanol–water partition coefficient (Wildman–Crippen LogP) is 3.12. The van der Waals surface area contributed by atoms with Crippen LogP contribution in [0.2, 0.25) is 0 Å². The van der Waals surface area contributed by atoms with E-state index in [9.17, 15) is 17.6 Å². The Balaban J connectivity index is 1.24. The van der Waals surface area contributed by atoms with Gasteiger partial charge in [-0.05, 0) is 47.0 Å². The van der Waals surface area contributed by atoms with Crippen LogP contribution >= 0.6 is 0 Å². The number of urea groups is 1. The maximum Gasteiger partial charge on any atom is 0.317 e. The zero-order chi connectivity index (χ0) is 26.0. The van der Waals surface area contributed by atoms with Crippen LogP contribution in [-0.2, 0) is 23.0 Å². The van der Waals surface area contributed by atoms with Crippen LogP contribution in [0.25, 0.3) is 11.6 Å². The van der Waals surface area contributed by atoms with Gasteiger partial charge in [0.25, 0.3) is 0 Å². The number of sulfonamides is 1. The summed E-state index contributed by atoms with van der Waals surface area (Å²) in [5.41, 5.74) is 5.17. The number of hydrogen-bond acceptors (Lipinski definition) is 6. The molecule has 2 aromatic carbocycles. The highest BCUT2D eigenvalue weighted by atomic mass is 32.2. The van der Waals surface area contributed by atoms with Gasteiger partial charge in [0.1, 0.15) is 18.0 Å². The maximum atomic E-state index is 13.1. The molecule has 0 radical (unpaired) electrons. The summed E-state index contributed by atoms with van der Waals surface area (Å²) in [7, 11) is -3.37. The van der Waals surface area contributed by atoms with Crippen molar-refractivity contribution in [2.75, 3.05) is 42.1 Å². The molecule has 37 heavy (non-hydrogen) atoms. The van der Waals surface area contributed by atoms with Gasteiger partial charge in [-0.15, -0.1) is 0 Å². The third-order valence-electron chi connectivity index (χ3n) is 6.38. The Bertz CT molecular complexity index is 1450. The average molecular weight is 523 g/mol. The van der Waals surface area contributed by atoms with Gasteiger partial charge in [0, 0.05) is 50.4 Å². The second-order valence-electron chi connectivity index (χ2n) is 9.12. The lowest BCUT2D eigenvalue weighted by Gasteiger charge is -2.36. The van der Waals surface area contributed by atoms with Crippen LogP contribution in [0, 0.1) is 5.82 Å². The summed E-state index contributed by atoms with van der Waals surface area (Å²) in [5, 5.41) is 2.90. The Labute approximate surface area is 215 Å². The summed E-state index contributed by atoms with van der Waals surface area (Å²) in [6.45, 7) is 2.69. The van der Waals surface area contributed by atoms with Crippen molar-refractivity contribution in [2.24, 2.45) is 0 Å². The molecule has 5 rings (SSSR count). The van der Waals surface area contributed by atoms with E-state index in [1.54, 1.807) is 29.4 Å². The molecule has 2 N–H and O–H groups in total. The van der Waals surface area contributed by atoms with Crippen molar-refractivity contribution in [1.82, 2.24) is 20.2 Å². The second kappa shape index (κ2) is 10.2. The molecule has 0 atom stereocenters. The molecular weight excluding hydrogens is 495 g/mol. The maximum absolute atomic E-state index is 13.1. The second-order valence-corrected chi connectivity index (χ2v) is 10.9. The van der Waals surface area contributed by atoms with Crippen molar-refractivity contribution in [2.45, 2.75) is 13.0 Å². The summed E-state index contributed by atoms with van der Waals surface area (Å²) in [4.78, 5) is 25.6. The molecule has 0 spiro atoms. The Kier molecular flexibility index (Phi) is 6.79. The van der Waals surface area contributed by atoms with E-state index < -0.39 is 10.0 Å². The predicted molar refractivity (Wildman–Crippen MR) is 141 cm³/mol. The van der Waals surface area contributed by atoms with Crippen molar-refractivity contribution in [3.8, 4) is 0 Å². The molecule has 2 aliphatic rings. The number of aromatic nitrogens is 2. The molecule has 1 aliphatic heterocycles. The van der Waals surface area contributed by atoms with E-state index in [0.717, 1.165) is 40.0 Å². The van der Waals surface area contributed by atoms with Crippen LogP contribution in [-0.4, -0.2) is 61.8 Å². The topological polar surface area (TPSA) is 108 Å². The van der Waals surface area contributed by atoms with E-state index in [0.29, 0.717) is 44.8 Å². The zero-order valence-electron chi connectivity index (χ0n) is 20.3. The number of amides is 2. The van der Waals surface area contributed by atoms with E-state index in [1.165, 1.54) is 12.1 Å². The summed E-state index contributed by atoms with van der Waals surface area (Å²) in [6.07, 6.45) is 5.38. The molecule has 1 saturated heterocycles. The SMILES string of the molecule is CS(=O)(=O)Nc1cccc(C2=Cc3c(ncnc3N3CCN(C(=O)NCc4ccc(F)cc4)CC3)C2)c1. The smallest absolute Gasteiger partial charge is 0.317 e. The standard InChI is InChI=1S/C26H27FN6O3S/c1-37(35,36)31-22-4-2-3-19(13-22)20-14-23-24(15-20)29-17-30-25(23)32-9-11-33(12-10-32)26(34)28-16-18-5-7-21(27)8-6-18/h2-8,13-14,17,31H,9-12,15-16H2,1H3,(H,28,34). The molecule has 1 aliphatic carbocycles. The fraction of sp³-hybridized carbons (Fsp3) is 0.269. The number of benzene rings is 2. The molecule has 0 saturated carbocycles. The number of rotatable bonds is 6. The first-order valence-electron chi connectivity index (χ1n) is 11.9. The molecule has 2 amide bonds. The minimum atomic E-state index is -3.37. The Morgan fingerprint density at radius 3 is 2.54 bits per heavy atom. The van der Waals surface area contributed by atoms with Crippen LogP contribution in [0.1, 0.15) is 22.4 Å². The van der Waals surface area contributed by atoms with E-state index in [2.05, 4.69) is 31.0 Å². The van der Waals surface area contributed by atoms with Crippen LogP contribution in [0.3, 0.4) is 0 Å². The lowest BCUT2D eigenvalue weighted by atomic mass is 10.0. The molecule has 1 fully saturated rings. The van der Waals surface area contributed by atoms with Gasteiger partial charge in [-0.2, -0.15) is 0 Å². The number of anilines is 2. The quantitative estimate of drug-likeness (QED) is 0.515. The number of carbonyl (C=O) groups is 1. The lowest BCUT2D eigenvalue weighted by molar-refractivity contribution is 0.194. The Morgan fingerprint density at radius 2 is 1.81 bits per heavy atom. The zero-order valence-corrected chi connectivity index (χ0v) is 21.1. The lowest BCUT2D eigenvalue weighted by Crippen LogP contribution is -2.52. The number of carbonyl (C=O) groups excluding carboxylic acids is 1. The first-order chi connectivity index (χ1) is 17.7. The highest BCUT2D eigenvalue weighted by Gasteiger charge is 2.26. The van der Waals surface area contributed by atoms with Crippen LogP contribution in [0.5, 0.6) is 0 Å². The number of hydrogen-bond donors (Lipinski definition) is 2. The van der Waals surface area contributed by atoms with Gasteiger partial charge in [-0.3, -0.25) is 4.72 Å². The first kappa shape index (κ1) is 24.7. The molecule has 0 unspecified atom stereocenters. The van der Waals surface area contributed by atoms with E-state index in [4.69, 9.17) is 0 Å². The molecule has 2 heterocycles. The summed E-state index contributed by atoms with van der Waals surface area (Å²) in [5.74, 6) is 0.527. The number of piperazine rings is 1. The number of allylic oxidation sites excluding steroid dienone is 1. The van der Waals surface area contributed by atoms with Gasteiger partial charge in [-0.25, -0.2) is 27.6 Å². The number of fused-ring (bicyclic) bond motifs is 1. The monoisotopic (exact) mass is 522 g/mol. The van der Waals surface area contributed by atoms with Crippen molar-refractivity contribution in [3.05, 3.63) is 83.1 Å². The fourth-order valence-electron chi connectivity index (χ4n) is 4.56. The van der Waals surface area contributed by atoms with Gasteiger partial charge in [0.05, 0.1) is 11.9 Å². The number of nitrogens with zero attached hydrogens (tertiary/aromatic N) is 4. The molecule has 3 aromatic rings. The Morgan fingerprint density at radius 1 is 1.05 bits per heavy atom. The molecular formula is C26H27FN6O3S. The highest BCUT2D eigenvalue weighted by molar-refractivity contribution is 7.92. The van der Waals surface area contributed by atoms with E-state index in [-0.39, 0.29) is 11.8 Å². The highest BCUT2D eigenvalue weighted by Crippen LogP contribution is 2.35. The average Bonchev–Trinajstić information content (AvgIpc) is 3.32. The van der Waals surface area contributed by atoms with E-state index >= 15 is 0 Å². The molecule has 9 nitrogen and oxygen atoms in total. The molecule has 1 aromatic heterocycles. The molecule has 192 valence electrons. The van der Waals surface area contributed by atoms with Gasteiger partial charge >= 0.3 is 6.03 Å². The number of nitrogens with one attached hydrogen (secondary N) is 2. The van der Waals surface area contributed by atoms with Crippen LogP contribution in [0.15, 0.2) is 54.9 Å². The minimum Gasteiger partial charge on any atom is -0.352 e. The third kappa shape index (κ3) is 5.88. The largest absolute Gasteiger partial charge is 0.352 e. The van der Waals surface area contributed by atoms with Crippen molar-refractivity contribution in [3.63, 3.8) is 0 Å². The summed E-state index contributed by atoms with van der Waals surface area (Å²) in [6, 6.07) is 13.2. The van der Waals surface area contributed by atoms with Crippen molar-refractivity contribution >= 4 is 39.2 Å². The normalized spacial score (nSPS) is 15.2. The van der Waals surface area contributed by atoms with E-state index in [1.807, 2.05) is 18.2 Å². The van der Waals surface area contributed by atoms with Gasteiger partial charge in [-0.1, -0.05) is 24.3 Å². The van der Waals surface area contributed by atoms with Gasteiger partial charge < -0.3 is 15.1 Å².